The van der Waals surface area contributed by atoms with Gasteiger partial charge in [0.15, 0.2) is 0 Å². The van der Waals surface area contributed by atoms with Crippen LogP contribution in [0.25, 0.3) is 0 Å². The topological polar surface area (TPSA) is 62.7 Å². The Balaban J connectivity index is 2.32. The molecule has 0 bridgehead atoms. The van der Waals surface area contributed by atoms with E-state index in [-0.39, 0.29) is 18.6 Å². The van der Waals surface area contributed by atoms with Gasteiger partial charge in [-0.2, -0.15) is 0 Å². The molecule has 0 saturated carbocycles. The zero-order chi connectivity index (χ0) is 18.9. The number of ether oxygens (including phenoxy) is 1. The number of carbonyl (C=O) groups is 1. The highest BCUT2D eigenvalue weighted by Gasteiger charge is 2.26. The van der Waals surface area contributed by atoms with Gasteiger partial charge in [-0.3, -0.25) is 9.78 Å². The van der Waals surface area contributed by atoms with Crippen molar-refractivity contribution in [3.8, 4) is 5.75 Å². The second-order valence-corrected chi connectivity index (χ2v) is 6.24. The summed E-state index contributed by atoms with van der Waals surface area (Å²) in [6.45, 7) is 8.22. The highest BCUT2D eigenvalue weighted by molar-refractivity contribution is 5.97. The van der Waals surface area contributed by atoms with Crippen molar-refractivity contribution in [1.82, 2.24) is 9.88 Å². The van der Waals surface area contributed by atoms with Crippen LogP contribution in [0.1, 0.15) is 36.3 Å². The molecule has 0 unspecified atom stereocenters. The van der Waals surface area contributed by atoms with Crippen molar-refractivity contribution in [2.24, 2.45) is 0 Å². The Morgan fingerprint density at radius 2 is 2.00 bits per heavy atom. The first-order valence-electron chi connectivity index (χ1n) is 8.74. The van der Waals surface area contributed by atoms with Crippen molar-refractivity contribution >= 4 is 5.91 Å². The molecular weight excluding hydrogens is 328 g/mol. The van der Waals surface area contributed by atoms with Gasteiger partial charge in [0.05, 0.1) is 30.5 Å². The van der Waals surface area contributed by atoms with Gasteiger partial charge in [-0.05, 0) is 43.2 Å². The number of hydrogen-bond acceptors (Lipinski definition) is 4. The summed E-state index contributed by atoms with van der Waals surface area (Å²) in [7, 11) is 0. The molecule has 1 heterocycles. The molecule has 1 amide bonds. The van der Waals surface area contributed by atoms with Gasteiger partial charge >= 0.3 is 0 Å². The van der Waals surface area contributed by atoms with Crippen LogP contribution < -0.4 is 4.74 Å². The van der Waals surface area contributed by atoms with Crippen molar-refractivity contribution in [2.75, 3.05) is 13.2 Å². The van der Waals surface area contributed by atoms with Crippen LogP contribution in [-0.4, -0.2) is 40.2 Å². The number of aromatic nitrogens is 1. The molecule has 0 aliphatic rings. The molecule has 0 aliphatic carbocycles. The summed E-state index contributed by atoms with van der Waals surface area (Å²) in [5.41, 5.74) is 2.11. The van der Waals surface area contributed by atoms with Gasteiger partial charge in [-0.25, -0.2) is 0 Å². The highest BCUT2D eigenvalue weighted by Crippen LogP contribution is 2.23. The molecule has 138 valence electrons. The zero-order valence-corrected chi connectivity index (χ0v) is 15.4. The molecule has 1 aromatic carbocycles. The fourth-order valence-corrected chi connectivity index (χ4v) is 2.61. The third-order valence-corrected chi connectivity index (χ3v) is 4.03. The number of aliphatic hydroxyl groups is 1. The number of carbonyl (C=O) groups excluding carboxylic acids is 1. The first-order valence-corrected chi connectivity index (χ1v) is 8.74. The molecule has 5 nitrogen and oxygen atoms in total. The normalized spacial score (nSPS) is 11.7. The van der Waals surface area contributed by atoms with Gasteiger partial charge in [0.2, 0.25) is 0 Å². The van der Waals surface area contributed by atoms with E-state index in [1.165, 1.54) is 0 Å². The van der Waals surface area contributed by atoms with E-state index >= 15 is 0 Å². The van der Waals surface area contributed by atoms with Gasteiger partial charge in [0.25, 0.3) is 5.91 Å². The molecule has 26 heavy (non-hydrogen) atoms. The molecule has 0 fully saturated rings. The number of amides is 1. The lowest BCUT2D eigenvalue weighted by atomic mass is 10.1. The van der Waals surface area contributed by atoms with Crippen LogP contribution in [-0.2, 0) is 6.54 Å². The van der Waals surface area contributed by atoms with Crippen molar-refractivity contribution in [3.05, 3.63) is 72.1 Å². The first-order chi connectivity index (χ1) is 12.6. The molecule has 1 N–H and O–H groups in total. The van der Waals surface area contributed by atoms with Gasteiger partial charge in [0, 0.05) is 6.20 Å². The molecule has 2 aromatic rings. The average molecular weight is 354 g/mol. The lowest BCUT2D eigenvalue weighted by molar-refractivity contribution is 0.0556. The first kappa shape index (κ1) is 19.7. The minimum Gasteiger partial charge on any atom is -0.488 e. The maximum absolute atomic E-state index is 13.3. The van der Waals surface area contributed by atoms with Crippen LogP contribution in [0.4, 0.5) is 0 Å². The van der Waals surface area contributed by atoms with Gasteiger partial charge in [-0.15, -0.1) is 0 Å². The number of benzene rings is 1. The zero-order valence-electron chi connectivity index (χ0n) is 15.4. The summed E-state index contributed by atoms with van der Waals surface area (Å²) in [6, 6.07) is 12.4. The Bertz CT molecular complexity index is 727. The monoisotopic (exact) mass is 354 g/mol. The third-order valence-electron chi connectivity index (χ3n) is 4.03. The molecular formula is C21H26N2O3. The predicted octanol–water partition coefficient (Wildman–Crippen LogP) is 3.45. The van der Waals surface area contributed by atoms with Crippen LogP contribution in [0.15, 0.2) is 60.8 Å². The van der Waals surface area contributed by atoms with Crippen molar-refractivity contribution in [2.45, 2.75) is 32.9 Å². The minimum absolute atomic E-state index is 0.107. The lowest BCUT2D eigenvalue weighted by Crippen LogP contribution is -2.42. The Morgan fingerprint density at radius 3 is 2.62 bits per heavy atom. The smallest absolute Gasteiger partial charge is 0.258 e. The number of aliphatic hydroxyl groups excluding tert-OH is 1. The van der Waals surface area contributed by atoms with Gasteiger partial charge in [0.1, 0.15) is 12.4 Å². The van der Waals surface area contributed by atoms with Crippen molar-refractivity contribution in [3.63, 3.8) is 0 Å². The average Bonchev–Trinajstić information content (AvgIpc) is 2.67. The Labute approximate surface area is 154 Å². The van der Waals surface area contributed by atoms with Crippen LogP contribution in [0, 0.1) is 0 Å². The van der Waals surface area contributed by atoms with Crippen molar-refractivity contribution in [1.29, 1.82) is 0 Å². The standard InChI is InChI=1S/C21H26N2O3/c1-4-18(14-24)23(13-17-9-7-8-12-22-17)21(25)19-10-5-6-11-20(19)26-15-16(2)3/h5-12,18,24H,2,4,13-15H2,1,3H3/t18-/m1/s1. The molecule has 1 aromatic heterocycles. The SMILES string of the molecule is C=C(C)COc1ccccc1C(=O)N(Cc1ccccn1)[C@H](CC)CO. The highest BCUT2D eigenvalue weighted by atomic mass is 16.5. The van der Waals surface area contributed by atoms with E-state index < -0.39 is 0 Å². The quantitative estimate of drug-likeness (QED) is 0.701. The van der Waals surface area contributed by atoms with E-state index in [2.05, 4.69) is 11.6 Å². The molecule has 1 atom stereocenters. The van der Waals surface area contributed by atoms with Crippen LogP contribution in [0.3, 0.4) is 0 Å². The summed E-state index contributed by atoms with van der Waals surface area (Å²) in [5.74, 6) is 0.327. The summed E-state index contributed by atoms with van der Waals surface area (Å²) in [4.78, 5) is 19.2. The number of rotatable bonds is 9. The summed E-state index contributed by atoms with van der Waals surface area (Å²) in [5, 5.41) is 9.76. The number of nitrogens with zero attached hydrogens (tertiary/aromatic N) is 2. The third kappa shape index (κ3) is 5.17. The predicted molar refractivity (Wildman–Crippen MR) is 102 cm³/mol. The van der Waals surface area contributed by atoms with E-state index in [4.69, 9.17) is 4.74 Å². The molecule has 0 spiro atoms. The largest absolute Gasteiger partial charge is 0.488 e. The molecule has 5 heteroatoms. The summed E-state index contributed by atoms with van der Waals surface area (Å²) in [6.07, 6.45) is 2.34. The fourth-order valence-electron chi connectivity index (χ4n) is 2.61. The summed E-state index contributed by atoms with van der Waals surface area (Å²) < 4.78 is 5.74. The van der Waals surface area contributed by atoms with Gasteiger partial charge in [-0.1, -0.05) is 31.7 Å². The molecule has 0 radical (unpaired) electrons. The van der Waals surface area contributed by atoms with E-state index in [0.717, 1.165) is 11.3 Å². The van der Waals surface area contributed by atoms with Crippen molar-refractivity contribution < 1.29 is 14.6 Å². The molecule has 2 rings (SSSR count). The van der Waals surface area contributed by atoms with Gasteiger partial charge < -0.3 is 14.7 Å². The number of pyridine rings is 1. The Hall–Kier alpha value is -2.66. The second kappa shape index (κ2) is 9.73. The Kier molecular flexibility index (Phi) is 7.36. The maximum atomic E-state index is 13.3. The maximum Gasteiger partial charge on any atom is 0.258 e. The number of hydrogen-bond donors (Lipinski definition) is 1. The Morgan fingerprint density at radius 1 is 1.27 bits per heavy atom. The van der Waals surface area contributed by atoms with Crippen LogP contribution in [0.5, 0.6) is 5.75 Å². The van der Waals surface area contributed by atoms with E-state index in [0.29, 0.717) is 30.9 Å². The molecule has 0 aliphatic heterocycles. The van der Waals surface area contributed by atoms with E-state index in [1.807, 2.05) is 38.1 Å². The van der Waals surface area contributed by atoms with E-state index in [1.54, 1.807) is 29.3 Å². The second-order valence-electron chi connectivity index (χ2n) is 6.24. The summed E-state index contributed by atoms with van der Waals surface area (Å²) >= 11 is 0. The fraction of sp³-hybridized carbons (Fsp3) is 0.333. The van der Waals surface area contributed by atoms with Crippen LogP contribution in [0.2, 0.25) is 0 Å². The lowest BCUT2D eigenvalue weighted by Gasteiger charge is -2.30. The number of para-hydroxylation sites is 1. The van der Waals surface area contributed by atoms with Crippen LogP contribution >= 0.6 is 0 Å². The van der Waals surface area contributed by atoms with E-state index in [9.17, 15) is 9.90 Å². The molecule has 0 saturated heterocycles. The minimum atomic E-state index is -0.293.